The van der Waals surface area contributed by atoms with Gasteiger partial charge in [0.15, 0.2) is 0 Å². The maximum atomic E-state index is 4.63. The summed E-state index contributed by atoms with van der Waals surface area (Å²) in [5.41, 5.74) is 2.09. The number of rotatable bonds is 4. The van der Waals surface area contributed by atoms with E-state index in [4.69, 9.17) is 0 Å². The van der Waals surface area contributed by atoms with Crippen molar-refractivity contribution in [3.8, 4) is 0 Å². The van der Waals surface area contributed by atoms with Crippen molar-refractivity contribution in [3.05, 3.63) is 41.9 Å². The van der Waals surface area contributed by atoms with Gasteiger partial charge < -0.3 is 5.32 Å². The summed E-state index contributed by atoms with van der Waals surface area (Å²) in [5.74, 6) is 1.64. The summed E-state index contributed by atoms with van der Waals surface area (Å²) in [6, 6.07) is 2.30. The average Bonchev–Trinajstić information content (AvgIpc) is 2.95. The largest absolute Gasteiger partial charge is 0.372 e. The summed E-state index contributed by atoms with van der Waals surface area (Å²) in [5, 5.41) is 3.05. The van der Waals surface area contributed by atoms with E-state index in [1.165, 1.54) is 6.42 Å². The molecule has 1 fully saturated rings. The molecule has 2 aromatic heterocycles. The molecule has 3 rings (SSSR count). The molecule has 0 aromatic carbocycles. The Bertz CT molecular complexity index is 615. The molecule has 0 saturated carbocycles. The zero-order valence-corrected chi connectivity index (χ0v) is 12.5. The van der Waals surface area contributed by atoms with Crippen LogP contribution in [0.1, 0.15) is 36.1 Å². The van der Waals surface area contributed by atoms with Crippen molar-refractivity contribution in [1.82, 2.24) is 24.8 Å². The highest BCUT2D eigenvalue weighted by Gasteiger charge is 2.27. The number of aryl methyl sites for hydroxylation is 1. The lowest BCUT2D eigenvalue weighted by Crippen LogP contribution is -2.24. The van der Waals surface area contributed by atoms with Crippen molar-refractivity contribution in [2.24, 2.45) is 0 Å². The fourth-order valence-corrected chi connectivity index (χ4v) is 2.81. The standard InChI is InChI=1S/C15H20N6/c1-11-18-6-5-12(19-11)10-21-7-3-4-14(21)13-8-17-9-15(16-2)20-13/h5-6,8-9,14H,3-4,7,10H2,1-2H3,(H,16,20)/t14-/m1/s1. The fraction of sp³-hybridized carbons (Fsp3) is 0.467. The van der Waals surface area contributed by atoms with Gasteiger partial charge in [-0.25, -0.2) is 15.0 Å². The van der Waals surface area contributed by atoms with E-state index in [-0.39, 0.29) is 0 Å². The third-order valence-electron chi connectivity index (χ3n) is 3.81. The number of hydrogen-bond donors (Lipinski definition) is 1. The topological polar surface area (TPSA) is 66.8 Å². The molecule has 21 heavy (non-hydrogen) atoms. The number of nitrogens with zero attached hydrogens (tertiary/aromatic N) is 5. The molecule has 1 aliphatic rings. The third kappa shape index (κ3) is 3.16. The minimum Gasteiger partial charge on any atom is -0.372 e. The van der Waals surface area contributed by atoms with Crippen LogP contribution < -0.4 is 5.32 Å². The van der Waals surface area contributed by atoms with Crippen LogP contribution in [0, 0.1) is 6.92 Å². The Morgan fingerprint density at radius 1 is 1.33 bits per heavy atom. The van der Waals surface area contributed by atoms with Crippen molar-refractivity contribution in [2.45, 2.75) is 32.4 Å². The number of anilines is 1. The van der Waals surface area contributed by atoms with Gasteiger partial charge in [0.25, 0.3) is 0 Å². The van der Waals surface area contributed by atoms with Gasteiger partial charge in [-0.2, -0.15) is 0 Å². The summed E-state index contributed by atoms with van der Waals surface area (Å²) < 4.78 is 0. The van der Waals surface area contributed by atoms with Crippen LogP contribution in [0.2, 0.25) is 0 Å². The zero-order valence-electron chi connectivity index (χ0n) is 12.5. The first kappa shape index (κ1) is 13.9. The number of nitrogens with one attached hydrogen (secondary N) is 1. The van der Waals surface area contributed by atoms with Crippen molar-refractivity contribution in [2.75, 3.05) is 18.9 Å². The lowest BCUT2D eigenvalue weighted by molar-refractivity contribution is 0.241. The van der Waals surface area contributed by atoms with E-state index >= 15 is 0 Å². The normalized spacial score (nSPS) is 18.9. The van der Waals surface area contributed by atoms with Crippen molar-refractivity contribution in [3.63, 3.8) is 0 Å². The van der Waals surface area contributed by atoms with E-state index in [2.05, 4.69) is 30.2 Å². The molecule has 0 amide bonds. The molecule has 0 aliphatic carbocycles. The predicted molar refractivity (Wildman–Crippen MR) is 80.7 cm³/mol. The maximum Gasteiger partial charge on any atom is 0.144 e. The highest BCUT2D eigenvalue weighted by Crippen LogP contribution is 2.31. The van der Waals surface area contributed by atoms with Crippen LogP contribution in [0.4, 0.5) is 5.82 Å². The quantitative estimate of drug-likeness (QED) is 0.925. The molecule has 3 heterocycles. The smallest absolute Gasteiger partial charge is 0.144 e. The van der Waals surface area contributed by atoms with Gasteiger partial charge in [-0.05, 0) is 32.4 Å². The molecule has 1 aliphatic heterocycles. The highest BCUT2D eigenvalue weighted by atomic mass is 15.2. The van der Waals surface area contributed by atoms with Crippen LogP contribution in [0.25, 0.3) is 0 Å². The summed E-state index contributed by atoms with van der Waals surface area (Å²) >= 11 is 0. The Balaban J connectivity index is 1.78. The Morgan fingerprint density at radius 3 is 3.05 bits per heavy atom. The van der Waals surface area contributed by atoms with Gasteiger partial charge in [0.1, 0.15) is 11.6 Å². The van der Waals surface area contributed by atoms with Crippen LogP contribution in [0.15, 0.2) is 24.7 Å². The molecule has 0 unspecified atom stereocenters. The van der Waals surface area contributed by atoms with Gasteiger partial charge in [0.05, 0.1) is 29.8 Å². The Morgan fingerprint density at radius 2 is 2.24 bits per heavy atom. The molecule has 2 aromatic rings. The minimum absolute atomic E-state index is 0.320. The van der Waals surface area contributed by atoms with Gasteiger partial charge in [-0.15, -0.1) is 0 Å². The molecule has 110 valence electrons. The zero-order chi connectivity index (χ0) is 14.7. The summed E-state index contributed by atoms with van der Waals surface area (Å²) in [4.78, 5) is 20.0. The minimum atomic E-state index is 0.320. The van der Waals surface area contributed by atoms with Crippen LogP contribution in [-0.4, -0.2) is 38.4 Å². The van der Waals surface area contributed by atoms with Gasteiger partial charge in [0, 0.05) is 19.8 Å². The molecular formula is C15H20N6. The second kappa shape index (κ2) is 6.13. The van der Waals surface area contributed by atoms with E-state index in [9.17, 15) is 0 Å². The van der Waals surface area contributed by atoms with Crippen molar-refractivity contribution < 1.29 is 0 Å². The van der Waals surface area contributed by atoms with E-state index < -0.39 is 0 Å². The van der Waals surface area contributed by atoms with E-state index in [1.54, 1.807) is 6.20 Å². The number of aromatic nitrogens is 4. The summed E-state index contributed by atoms with van der Waals surface area (Å²) in [6.45, 7) is 3.82. The first-order chi connectivity index (χ1) is 10.3. The van der Waals surface area contributed by atoms with Crippen LogP contribution in [-0.2, 0) is 6.54 Å². The Hall–Kier alpha value is -2.08. The van der Waals surface area contributed by atoms with Gasteiger partial charge >= 0.3 is 0 Å². The van der Waals surface area contributed by atoms with Gasteiger partial charge in [0.2, 0.25) is 0 Å². The molecule has 1 saturated heterocycles. The second-order valence-electron chi connectivity index (χ2n) is 5.30. The highest BCUT2D eigenvalue weighted by molar-refractivity contribution is 5.31. The lowest BCUT2D eigenvalue weighted by atomic mass is 10.1. The van der Waals surface area contributed by atoms with Crippen LogP contribution in [0.3, 0.4) is 0 Å². The average molecular weight is 284 g/mol. The summed E-state index contributed by atoms with van der Waals surface area (Å²) in [6.07, 6.45) is 7.74. The van der Waals surface area contributed by atoms with Crippen LogP contribution in [0.5, 0.6) is 0 Å². The first-order valence-corrected chi connectivity index (χ1v) is 7.28. The lowest BCUT2D eigenvalue weighted by Gasteiger charge is -2.23. The maximum absolute atomic E-state index is 4.63. The predicted octanol–water partition coefficient (Wildman–Crippen LogP) is 1.95. The number of hydrogen-bond acceptors (Lipinski definition) is 6. The van der Waals surface area contributed by atoms with Gasteiger partial charge in [-0.3, -0.25) is 9.88 Å². The monoisotopic (exact) mass is 284 g/mol. The molecule has 1 N–H and O–H groups in total. The van der Waals surface area contributed by atoms with Gasteiger partial charge in [-0.1, -0.05) is 0 Å². The molecule has 6 nitrogen and oxygen atoms in total. The van der Waals surface area contributed by atoms with Crippen LogP contribution >= 0.6 is 0 Å². The fourth-order valence-electron chi connectivity index (χ4n) is 2.81. The molecule has 0 radical (unpaired) electrons. The Kier molecular flexibility index (Phi) is 4.06. The van der Waals surface area contributed by atoms with E-state index in [0.29, 0.717) is 6.04 Å². The molecular weight excluding hydrogens is 264 g/mol. The molecule has 1 atom stereocenters. The third-order valence-corrected chi connectivity index (χ3v) is 3.81. The molecule has 0 bridgehead atoms. The van der Waals surface area contributed by atoms with E-state index in [1.807, 2.05) is 32.4 Å². The van der Waals surface area contributed by atoms with Crippen molar-refractivity contribution >= 4 is 5.82 Å². The Labute approximate surface area is 124 Å². The van der Waals surface area contributed by atoms with E-state index in [0.717, 1.165) is 42.5 Å². The summed E-state index contributed by atoms with van der Waals surface area (Å²) in [7, 11) is 1.86. The number of likely N-dealkylation sites (tertiary alicyclic amines) is 1. The molecule has 6 heteroatoms. The van der Waals surface area contributed by atoms with Crippen molar-refractivity contribution in [1.29, 1.82) is 0 Å². The molecule has 0 spiro atoms. The SMILES string of the molecule is CNc1cncc([C@H]2CCCN2Cc2ccnc(C)n2)n1. The first-order valence-electron chi connectivity index (χ1n) is 7.28. The second-order valence-corrected chi connectivity index (χ2v) is 5.30.